The quantitative estimate of drug-likeness (QED) is 0.886. The van der Waals surface area contributed by atoms with E-state index >= 15 is 0 Å². The van der Waals surface area contributed by atoms with Gasteiger partial charge in [-0.2, -0.15) is 0 Å². The van der Waals surface area contributed by atoms with Gasteiger partial charge in [-0.15, -0.1) is 0 Å². The number of amides is 1. The summed E-state index contributed by atoms with van der Waals surface area (Å²) in [7, 11) is 1.78. The Kier molecular flexibility index (Phi) is 4.02. The molecule has 0 bridgehead atoms. The number of rotatable bonds is 2. The van der Waals surface area contributed by atoms with Crippen LogP contribution in [0.5, 0.6) is 0 Å². The second-order valence-corrected chi connectivity index (χ2v) is 5.55. The number of carbonyl (C=O) groups is 1. The molecule has 0 saturated carbocycles. The van der Waals surface area contributed by atoms with Gasteiger partial charge in [-0.05, 0) is 25.2 Å². The van der Waals surface area contributed by atoms with Crippen molar-refractivity contribution in [2.24, 2.45) is 11.8 Å². The molecular formula is C14H22N4O. The Bertz CT molecular complexity index is 445. The van der Waals surface area contributed by atoms with E-state index in [1.54, 1.807) is 19.4 Å². The monoisotopic (exact) mass is 262 g/mol. The summed E-state index contributed by atoms with van der Waals surface area (Å²) in [4.78, 5) is 22.8. The van der Waals surface area contributed by atoms with Gasteiger partial charge < -0.3 is 10.2 Å². The van der Waals surface area contributed by atoms with Gasteiger partial charge in [0.15, 0.2) is 0 Å². The van der Waals surface area contributed by atoms with Crippen molar-refractivity contribution in [3.05, 3.63) is 18.1 Å². The molecule has 3 atom stereocenters. The van der Waals surface area contributed by atoms with E-state index in [1.807, 2.05) is 4.90 Å². The predicted octanol–water partition coefficient (Wildman–Crippen LogP) is 2.02. The lowest BCUT2D eigenvalue weighted by Crippen LogP contribution is -2.49. The fourth-order valence-electron chi connectivity index (χ4n) is 2.70. The molecule has 19 heavy (non-hydrogen) atoms. The molecule has 5 heteroatoms. The lowest BCUT2D eigenvalue weighted by atomic mass is 9.86. The van der Waals surface area contributed by atoms with Gasteiger partial charge >= 0.3 is 0 Å². The molecule has 1 aliphatic heterocycles. The van der Waals surface area contributed by atoms with Crippen molar-refractivity contribution in [3.63, 3.8) is 0 Å². The van der Waals surface area contributed by atoms with Crippen molar-refractivity contribution in [2.75, 3.05) is 18.9 Å². The normalized spacial score (nSPS) is 27.2. The fraction of sp³-hybridized carbons (Fsp3) is 0.643. The van der Waals surface area contributed by atoms with Crippen LogP contribution in [0.4, 0.5) is 5.82 Å². The van der Waals surface area contributed by atoms with Gasteiger partial charge in [0.1, 0.15) is 11.5 Å². The van der Waals surface area contributed by atoms with Crippen LogP contribution >= 0.6 is 0 Å². The highest BCUT2D eigenvalue weighted by molar-refractivity contribution is 5.92. The molecule has 1 aliphatic rings. The Morgan fingerprint density at radius 2 is 2.05 bits per heavy atom. The lowest BCUT2D eigenvalue weighted by Gasteiger charge is -2.40. The number of likely N-dealkylation sites (tertiary alicyclic amines) is 1. The SMILES string of the molecule is CNc1cnc(C(=O)N2CC(C)CC(C)C2C)cn1. The van der Waals surface area contributed by atoms with Gasteiger partial charge in [-0.1, -0.05) is 13.8 Å². The third-order valence-corrected chi connectivity index (χ3v) is 3.99. The van der Waals surface area contributed by atoms with Crippen LogP contribution in [0.15, 0.2) is 12.4 Å². The standard InChI is InChI=1S/C14H22N4O/c1-9-5-10(2)11(3)18(8-9)14(19)12-6-17-13(15-4)7-16-12/h6-7,9-11H,5,8H2,1-4H3,(H,15,17). The number of piperidine rings is 1. The first kappa shape index (κ1) is 13.8. The molecule has 1 saturated heterocycles. The summed E-state index contributed by atoms with van der Waals surface area (Å²) in [6.07, 6.45) is 4.31. The number of anilines is 1. The number of nitrogens with zero attached hydrogens (tertiary/aromatic N) is 3. The van der Waals surface area contributed by atoms with Crippen molar-refractivity contribution >= 4 is 11.7 Å². The molecule has 0 aliphatic carbocycles. The minimum Gasteiger partial charge on any atom is -0.372 e. The highest BCUT2D eigenvalue weighted by atomic mass is 16.2. The predicted molar refractivity (Wildman–Crippen MR) is 75.0 cm³/mol. The van der Waals surface area contributed by atoms with Crippen molar-refractivity contribution in [3.8, 4) is 0 Å². The van der Waals surface area contributed by atoms with Gasteiger partial charge in [-0.25, -0.2) is 9.97 Å². The van der Waals surface area contributed by atoms with Gasteiger partial charge in [0.05, 0.1) is 12.4 Å². The fourth-order valence-corrected chi connectivity index (χ4v) is 2.70. The molecule has 3 unspecified atom stereocenters. The molecular weight excluding hydrogens is 240 g/mol. The topological polar surface area (TPSA) is 58.1 Å². The molecule has 2 heterocycles. The van der Waals surface area contributed by atoms with Crippen LogP contribution in [-0.4, -0.2) is 40.4 Å². The Morgan fingerprint density at radius 1 is 1.32 bits per heavy atom. The van der Waals surface area contributed by atoms with E-state index in [4.69, 9.17) is 0 Å². The van der Waals surface area contributed by atoms with Crippen molar-refractivity contribution in [1.29, 1.82) is 0 Å². The van der Waals surface area contributed by atoms with E-state index in [9.17, 15) is 4.79 Å². The zero-order valence-electron chi connectivity index (χ0n) is 12.1. The summed E-state index contributed by atoms with van der Waals surface area (Å²) in [5.74, 6) is 1.72. The lowest BCUT2D eigenvalue weighted by molar-refractivity contribution is 0.0449. The third kappa shape index (κ3) is 2.85. The molecule has 1 aromatic heterocycles. The summed E-state index contributed by atoms with van der Waals surface area (Å²) < 4.78 is 0. The zero-order valence-corrected chi connectivity index (χ0v) is 12.1. The van der Waals surface area contributed by atoms with Crippen LogP contribution in [0.2, 0.25) is 0 Å². The highest BCUT2D eigenvalue weighted by Gasteiger charge is 2.32. The minimum absolute atomic E-state index is 0.0129. The third-order valence-electron chi connectivity index (χ3n) is 3.99. The maximum atomic E-state index is 12.5. The van der Waals surface area contributed by atoms with E-state index < -0.39 is 0 Å². The molecule has 1 N–H and O–H groups in total. The van der Waals surface area contributed by atoms with Crippen molar-refractivity contribution in [2.45, 2.75) is 33.2 Å². The van der Waals surface area contributed by atoms with Gasteiger partial charge in [0.25, 0.3) is 5.91 Å². The average molecular weight is 262 g/mol. The largest absolute Gasteiger partial charge is 0.372 e. The zero-order chi connectivity index (χ0) is 14.0. The number of carbonyl (C=O) groups excluding carboxylic acids is 1. The molecule has 0 spiro atoms. The smallest absolute Gasteiger partial charge is 0.274 e. The molecule has 0 aromatic carbocycles. The van der Waals surface area contributed by atoms with Gasteiger partial charge in [0.2, 0.25) is 0 Å². The van der Waals surface area contributed by atoms with Crippen LogP contribution in [-0.2, 0) is 0 Å². The number of nitrogens with one attached hydrogen (secondary N) is 1. The first-order valence-corrected chi connectivity index (χ1v) is 6.83. The van der Waals surface area contributed by atoms with Crippen molar-refractivity contribution < 1.29 is 4.79 Å². The summed E-state index contributed by atoms with van der Waals surface area (Å²) in [5, 5.41) is 2.90. The maximum absolute atomic E-state index is 12.5. The maximum Gasteiger partial charge on any atom is 0.274 e. The number of hydrogen-bond acceptors (Lipinski definition) is 4. The molecule has 5 nitrogen and oxygen atoms in total. The van der Waals surface area contributed by atoms with E-state index in [-0.39, 0.29) is 11.9 Å². The molecule has 0 radical (unpaired) electrons. The second kappa shape index (κ2) is 5.55. The van der Waals surface area contributed by atoms with Crippen LogP contribution in [0.3, 0.4) is 0 Å². The van der Waals surface area contributed by atoms with Crippen LogP contribution in [0.1, 0.15) is 37.7 Å². The van der Waals surface area contributed by atoms with Crippen LogP contribution < -0.4 is 5.32 Å². The van der Waals surface area contributed by atoms with Crippen LogP contribution in [0.25, 0.3) is 0 Å². The second-order valence-electron chi connectivity index (χ2n) is 5.55. The van der Waals surface area contributed by atoms with E-state index in [0.29, 0.717) is 23.3 Å². The summed E-state index contributed by atoms with van der Waals surface area (Å²) in [6.45, 7) is 7.32. The van der Waals surface area contributed by atoms with E-state index in [0.717, 1.165) is 6.54 Å². The summed E-state index contributed by atoms with van der Waals surface area (Å²) in [5.41, 5.74) is 0.423. The molecule has 104 valence electrons. The van der Waals surface area contributed by atoms with Crippen molar-refractivity contribution in [1.82, 2.24) is 14.9 Å². The highest BCUT2D eigenvalue weighted by Crippen LogP contribution is 2.27. The van der Waals surface area contributed by atoms with Gasteiger partial charge in [0, 0.05) is 19.6 Å². The van der Waals surface area contributed by atoms with Crippen LogP contribution in [0, 0.1) is 11.8 Å². The summed E-state index contributed by atoms with van der Waals surface area (Å²) in [6, 6.07) is 0.259. The average Bonchev–Trinajstić information content (AvgIpc) is 2.42. The Hall–Kier alpha value is -1.65. The molecule has 1 amide bonds. The number of aromatic nitrogens is 2. The first-order valence-electron chi connectivity index (χ1n) is 6.83. The molecule has 1 aromatic rings. The number of hydrogen-bond donors (Lipinski definition) is 1. The Morgan fingerprint density at radius 3 is 2.63 bits per heavy atom. The Balaban J connectivity index is 2.17. The summed E-state index contributed by atoms with van der Waals surface area (Å²) >= 11 is 0. The molecule has 2 rings (SSSR count). The van der Waals surface area contributed by atoms with E-state index in [2.05, 4.69) is 36.1 Å². The molecule has 1 fully saturated rings. The van der Waals surface area contributed by atoms with Gasteiger partial charge in [-0.3, -0.25) is 4.79 Å². The van der Waals surface area contributed by atoms with E-state index in [1.165, 1.54) is 6.42 Å². The first-order chi connectivity index (χ1) is 9.02. The minimum atomic E-state index is -0.0129. The Labute approximate surface area is 114 Å².